The number of ether oxygens (including phenoxy) is 1. The van der Waals surface area contributed by atoms with Crippen LogP contribution in [0.2, 0.25) is 5.02 Å². The van der Waals surface area contributed by atoms with Gasteiger partial charge in [-0.3, -0.25) is 9.59 Å². The predicted octanol–water partition coefficient (Wildman–Crippen LogP) is 3.71. The topological polar surface area (TPSA) is 89.4 Å². The lowest BCUT2D eigenvalue weighted by atomic mass is 10.2. The molecule has 0 unspecified atom stereocenters. The van der Waals surface area contributed by atoms with E-state index in [4.69, 9.17) is 16.3 Å². The van der Waals surface area contributed by atoms with E-state index in [0.29, 0.717) is 40.5 Å². The number of anilines is 2. The van der Waals surface area contributed by atoms with E-state index in [9.17, 15) is 9.59 Å². The minimum absolute atomic E-state index is 0.00698. The van der Waals surface area contributed by atoms with Gasteiger partial charge in [-0.25, -0.2) is 0 Å². The van der Waals surface area contributed by atoms with Crippen LogP contribution in [0.5, 0.6) is 0 Å². The van der Waals surface area contributed by atoms with Gasteiger partial charge in [-0.1, -0.05) is 35.5 Å². The smallest absolute Gasteiger partial charge is 0.244 e. The van der Waals surface area contributed by atoms with Crippen LogP contribution in [-0.4, -0.2) is 52.6 Å². The first-order chi connectivity index (χ1) is 15.6. The summed E-state index contributed by atoms with van der Waals surface area (Å²) >= 11 is 7.32. The van der Waals surface area contributed by atoms with Crippen LogP contribution in [0.3, 0.4) is 0 Å². The third kappa shape index (κ3) is 4.95. The molecule has 1 N–H and O–H groups in total. The first-order valence-corrected chi connectivity index (χ1v) is 11.4. The number of halogens is 1. The number of aromatic nitrogens is 3. The Morgan fingerprint density at radius 1 is 1.19 bits per heavy atom. The molecule has 2 aromatic carbocycles. The molecule has 0 radical (unpaired) electrons. The maximum atomic E-state index is 13.0. The summed E-state index contributed by atoms with van der Waals surface area (Å²) in [7, 11) is 1.66. The summed E-state index contributed by atoms with van der Waals surface area (Å²) in [5, 5.41) is 12.7. The van der Waals surface area contributed by atoms with Crippen LogP contribution >= 0.6 is 23.4 Å². The van der Waals surface area contributed by atoms with Crippen LogP contribution in [0, 0.1) is 0 Å². The molecule has 0 atom stereocenters. The summed E-state index contributed by atoms with van der Waals surface area (Å²) < 4.78 is 7.17. The van der Waals surface area contributed by atoms with E-state index in [1.807, 2.05) is 34.9 Å². The van der Waals surface area contributed by atoms with E-state index < -0.39 is 0 Å². The average Bonchev–Trinajstić information content (AvgIpc) is 3.20. The Kier molecular flexibility index (Phi) is 7.09. The van der Waals surface area contributed by atoms with Gasteiger partial charge in [0.25, 0.3) is 0 Å². The molecular weight excluding hydrogens is 450 g/mol. The number of methoxy groups -OCH3 is 1. The molecule has 166 valence electrons. The number of hydrogen-bond donors (Lipinski definition) is 1. The highest BCUT2D eigenvalue weighted by molar-refractivity contribution is 7.99. The van der Waals surface area contributed by atoms with Crippen molar-refractivity contribution in [2.24, 2.45) is 0 Å². The van der Waals surface area contributed by atoms with E-state index in [1.165, 1.54) is 16.7 Å². The van der Waals surface area contributed by atoms with Crippen molar-refractivity contribution in [3.63, 3.8) is 0 Å². The Morgan fingerprint density at radius 2 is 1.97 bits per heavy atom. The first-order valence-electron chi connectivity index (χ1n) is 10.1. The lowest BCUT2D eigenvalue weighted by molar-refractivity contribution is -0.120. The van der Waals surface area contributed by atoms with Gasteiger partial charge in [0, 0.05) is 30.8 Å². The molecule has 0 bridgehead atoms. The zero-order valence-electron chi connectivity index (χ0n) is 17.5. The van der Waals surface area contributed by atoms with Crippen molar-refractivity contribution in [1.29, 1.82) is 0 Å². The molecule has 2 amide bonds. The number of thioether (sulfide) groups is 1. The lowest BCUT2D eigenvalue weighted by Gasteiger charge is -2.29. The number of para-hydroxylation sites is 2. The molecule has 0 aliphatic carbocycles. The number of nitrogens with one attached hydrogen (secondary N) is 1. The highest BCUT2D eigenvalue weighted by Gasteiger charge is 2.27. The Balaban J connectivity index is 1.53. The molecule has 3 aromatic rings. The number of carbonyl (C=O) groups excluding carboxylic acids is 2. The Morgan fingerprint density at radius 3 is 2.75 bits per heavy atom. The Hall–Kier alpha value is -2.88. The molecule has 0 saturated carbocycles. The van der Waals surface area contributed by atoms with Gasteiger partial charge in [-0.2, -0.15) is 0 Å². The number of fused-ring (bicyclic) bond motifs is 1. The Bertz CT molecular complexity index is 1120. The van der Waals surface area contributed by atoms with Crippen LogP contribution in [0.25, 0.3) is 11.4 Å². The van der Waals surface area contributed by atoms with E-state index >= 15 is 0 Å². The van der Waals surface area contributed by atoms with Crippen molar-refractivity contribution in [3.05, 3.63) is 53.6 Å². The largest absolute Gasteiger partial charge is 0.385 e. The van der Waals surface area contributed by atoms with Crippen molar-refractivity contribution in [2.45, 2.75) is 18.1 Å². The highest BCUT2D eigenvalue weighted by atomic mass is 35.5. The van der Waals surface area contributed by atoms with Crippen LogP contribution in [0.1, 0.15) is 6.42 Å². The molecule has 32 heavy (non-hydrogen) atoms. The maximum Gasteiger partial charge on any atom is 0.244 e. The van der Waals surface area contributed by atoms with Crippen LogP contribution in [0.4, 0.5) is 11.4 Å². The minimum Gasteiger partial charge on any atom is -0.385 e. The molecule has 2 heterocycles. The molecule has 0 spiro atoms. The van der Waals surface area contributed by atoms with Gasteiger partial charge in [0.1, 0.15) is 6.54 Å². The molecular formula is C22H22ClN5O3S. The number of rotatable bonds is 8. The number of carbonyl (C=O) groups is 2. The number of benzene rings is 2. The van der Waals surface area contributed by atoms with E-state index in [0.717, 1.165) is 12.0 Å². The fourth-order valence-electron chi connectivity index (χ4n) is 3.44. The quantitative estimate of drug-likeness (QED) is 0.398. The zero-order valence-corrected chi connectivity index (χ0v) is 19.0. The van der Waals surface area contributed by atoms with Gasteiger partial charge in [0.2, 0.25) is 11.8 Å². The molecule has 10 heteroatoms. The summed E-state index contributed by atoms with van der Waals surface area (Å²) in [5.74, 6) is 0.451. The van der Waals surface area contributed by atoms with Crippen LogP contribution in [-0.2, 0) is 20.9 Å². The van der Waals surface area contributed by atoms with Gasteiger partial charge >= 0.3 is 0 Å². The monoisotopic (exact) mass is 471 g/mol. The van der Waals surface area contributed by atoms with Crippen LogP contribution in [0.15, 0.2) is 53.7 Å². The maximum absolute atomic E-state index is 13.0. The van der Waals surface area contributed by atoms with Crippen LogP contribution < -0.4 is 10.2 Å². The third-order valence-electron chi connectivity index (χ3n) is 4.95. The molecule has 1 aliphatic rings. The highest BCUT2D eigenvalue weighted by Crippen LogP contribution is 2.30. The Labute approximate surface area is 194 Å². The van der Waals surface area contributed by atoms with Gasteiger partial charge in [0.15, 0.2) is 11.0 Å². The standard InChI is InChI=1S/C22H22ClN5O3S/c1-31-12-4-11-27-21(15-7-9-16(23)10-8-15)25-26-22(27)32-14-20(30)28-13-19(29)24-17-5-2-3-6-18(17)28/h2-3,5-10H,4,11-14H2,1H3,(H,24,29). The van der Waals surface area contributed by atoms with Crippen molar-refractivity contribution in [2.75, 3.05) is 36.2 Å². The normalized spacial score (nSPS) is 13.1. The molecule has 0 saturated heterocycles. The summed E-state index contributed by atoms with van der Waals surface area (Å²) in [6, 6.07) is 14.7. The summed E-state index contributed by atoms with van der Waals surface area (Å²) in [6.07, 6.45) is 0.774. The minimum atomic E-state index is -0.213. The van der Waals surface area contributed by atoms with E-state index in [-0.39, 0.29) is 24.1 Å². The van der Waals surface area contributed by atoms with Crippen molar-refractivity contribution in [1.82, 2.24) is 14.8 Å². The van der Waals surface area contributed by atoms with Gasteiger partial charge in [0.05, 0.1) is 17.1 Å². The van der Waals surface area contributed by atoms with Gasteiger partial charge in [-0.05, 0) is 42.8 Å². The van der Waals surface area contributed by atoms with Gasteiger partial charge < -0.3 is 19.5 Å². The SMILES string of the molecule is COCCCn1c(SCC(=O)N2CC(=O)Nc3ccccc32)nnc1-c1ccc(Cl)cc1. The first kappa shape index (κ1) is 22.3. The number of amides is 2. The van der Waals surface area contributed by atoms with Crippen molar-refractivity contribution < 1.29 is 14.3 Å². The van der Waals surface area contributed by atoms with E-state index in [2.05, 4.69) is 15.5 Å². The molecule has 1 aliphatic heterocycles. The van der Waals surface area contributed by atoms with E-state index in [1.54, 1.807) is 25.3 Å². The number of hydrogen-bond acceptors (Lipinski definition) is 6. The summed E-state index contributed by atoms with van der Waals surface area (Å²) in [5.41, 5.74) is 2.22. The lowest BCUT2D eigenvalue weighted by Crippen LogP contribution is -2.43. The summed E-state index contributed by atoms with van der Waals surface area (Å²) in [4.78, 5) is 26.5. The second-order valence-corrected chi connectivity index (χ2v) is 8.52. The average molecular weight is 472 g/mol. The second kappa shape index (κ2) is 10.2. The van der Waals surface area contributed by atoms with Crippen molar-refractivity contribution in [3.8, 4) is 11.4 Å². The molecule has 0 fully saturated rings. The third-order valence-corrected chi connectivity index (χ3v) is 6.15. The zero-order chi connectivity index (χ0) is 22.5. The predicted molar refractivity (Wildman–Crippen MR) is 125 cm³/mol. The van der Waals surface area contributed by atoms with Gasteiger partial charge in [-0.15, -0.1) is 10.2 Å². The number of nitrogens with zero attached hydrogens (tertiary/aromatic N) is 4. The molecule has 1 aromatic heterocycles. The summed E-state index contributed by atoms with van der Waals surface area (Å²) in [6.45, 7) is 1.23. The van der Waals surface area contributed by atoms with Crippen molar-refractivity contribution >= 4 is 46.6 Å². The second-order valence-electron chi connectivity index (χ2n) is 7.14. The fourth-order valence-corrected chi connectivity index (χ4v) is 4.40. The molecule has 4 rings (SSSR count). The fraction of sp³-hybridized carbons (Fsp3) is 0.273. The molecule has 8 nitrogen and oxygen atoms in total.